The van der Waals surface area contributed by atoms with Gasteiger partial charge in [-0.25, -0.2) is 4.68 Å². The molecule has 3 rings (SSSR count). The molecular weight excluding hydrogens is 232 g/mol. The van der Waals surface area contributed by atoms with Crippen LogP contribution in [0.4, 0.5) is 0 Å². The van der Waals surface area contributed by atoms with Gasteiger partial charge in [-0.05, 0) is 19.4 Å². The van der Waals surface area contributed by atoms with Crippen LogP contribution >= 0.6 is 0 Å². The third-order valence-corrected chi connectivity index (χ3v) is 3.16. The molecule has 0 bridgehead atoms. The number of aryl methyl sites for hydroxylation is 1. The molecule has 2 aromatic rings. The molecule has 1 saturated heterocycles. The van der Waals surface area contributed by atoms with Crippen LogP contribution < -0.4 is 5.32 Å². The molecule has 0 radical (unpaired) electrons. The molecule has 0 saturated carbocycles. The van der Waals surface area contributed by atoms with Crippen molar-refractivity contribution in [1.82, 2.24) is 30.5 Å². The Morgan fingerprint density at radius 1 is 1.56 bits per heavy atom. The topological polar surface area (TPSA) is 81.7 Å². The van der Waals surface area contributed by atoms with E-state index < -0.39 is 0 Å². The average molecular weight is 248 g/mol. The van der Waals surface area contributed by atoms with E-state index in [9.17, 15) is 0 Å². The lowest BCUT2D eigenvalue weighted by Crippen LogP contribution is -2.31. The van der Waals surface area contributed by atoms with E-state index in [0.29, 0.717) is 23.5 Å². The summed E-state index contributed by atoms with van der Waals surface area (Å²) in [6.07, 6.45) is 4.93. The second kappa shape index (κ2) is 4.85. The van der Waals surface area contributed by atoms with Gasteiger partial charge in [-0.15, -0.1) is 5.10 Å². The van der Waals surface area contributed by atoms with Gasteiger partial charge in [0.15, 0.2) is 11.5 Å². The standard InChI is InChI=1S/C11H16N6O/c1-2-10-13-11(18-15-10)9-7-17(16-14-9)8-4-3-5-12-6-8/h7-8,12H,2-6H2,1H3/t8-/m0/s1. The smallest absolute Gasteiger partial charge is 0.280 e. The van der Waals surface area contributed by atoms with Crippen LogP contribution in [-0.4, -0.2) is 38.2 Å². The van der Waals surface area contributed by atoms with Gasteiger partial charge >= 0.3 is 0 Å². The van der Waals surface area contributed by atoms with Gasteiger partial charge in [0.05, 0.1) is 12.2 Å². The number of hydrogen-bond acceptors (Lipinski definition) is 6. The Bertz CT molecular complexity index is 513. The summed E-state index contributed by atoms with van der Waals surface area (Å²) >= 11 is 0. The van der Waals surface area contributed by atoms with E-state index in [1.807, 2.05) is 17.8 Å². The highest BCUT2D eigenvalue weighted by Crippen LogP contribution is 2.19. The van der Waals surface area contributed by atoms with Crippen LogP contribution in [-0.2, 0) is 6.42 Å². The molecule has 3 heterocycles. The summed E-state index contributed by atoms with van der Waals surface area (Å²) in [7, 11) is 0. The lowest BCUT2D eigenvalue weighted by molar-refractivity contribution is 0.341. The molecule has 0 amide bonds. The number of hydrogen-bond donors (Lipinski definition) is 1. The predicted molar refractivity (Wildman–Crippen MR) is 63.8 cm³/mol. The summed E-state index contributed by atoms with van der Waals surface area (Å²) < 4.78 is 7.04. The molecule has 7 heteroatoms. The Labute approximate surface area is 105 Å². The molecule has 1 fully saturated rings. The lowest BCUT2D eigenvalue weighted by atomic mass is 10.1. The Morgan fingerprint density at radius 3 is 3.22 bits per heavy atom. The first-order chi connectivity index (χ1) is 8.86. The van der Waals surface area contributed by atoms with Gasteiger partial charge < -0.3 is 9.84 Å². The zero-order valence-corrected chi connectivity index (χ0v) is 10.3. The van der Waals surface area contributed by atoms with Crippen LogP contribution in [0, 0.1) is 0 Å². The van der Waals surface area contributed by atoms with E-state index in [4.69, 9.17) is 4.52 Å². The summed E-state index contributed by atoms with van der Waals surface area (Å²) in [6, 6.07) is 0.369. The molecule has 0 aliphatic carbocycles. The SMILES string of the molecule is CCc1noc(-c2cn([C@H]3CCCNC3)nn2)n1. The quantitative estimate of drug-likeness (QED) is 0.865. The first kappa shape index (κ1) is 11.3. The molecule has 1 aliphatic heterocycles. The van der Waals surface area contributed by atoms with E-state index in [-0.39, 0.29) is 0 Å². The van der Waals surface area contributed by atoms with E-state index in [0.717, 1.165) is 25.9 Å². The van der Waals surface area contributed by atoms with Crippen molar-refractivity contribution in [2.45, 2.75) is 32.2 Å². The fourth-order valence-corrected chi connectivity index (χ4v) is 2.11. The molecule has 0 unspecified atom stereocenters. The second-order valence-electron chi connectivity index (χ2n) is 4.45. The highest BCUT2D eigenvalue weighted by atomic mass is 16.5. The van der Waals surface area contributed by atoms with E-state index >= 15 is 0 Å². The van der Waals surface area contributed by atoms with Gasteiger partial charge in [-0.1, -0.05) is 17.3 Å². The first-order valence-electron chi connectivity index (χ1n) is 6.32. The molecule has 18 heavy (non-hydrogen) atoms. The van der Waals surface area contributed by atoms with Crippen molar-refractivity contribution in [3.63, 3.8) is 0 Å². The highest BCUT2D eigenvalue weighted by Gasteiger charge is 2.18. The van der Waals surface area contributed by atoms with Gasteiger partial charge in [0, 0.05) is 13.0 Å². The monoisotopic (exact) mass is 248 g/mol. The maximum absolute atomic E-state index is 5.15. The zero-order chi connectivity index (χ0) is 12.4. The van der Waals surface area contributed by atoms with Crippen LogP contribution in [0.1, 0.15) is 31.6 Å². The molecule has 0 aromatic carbocycles. The van der Waals surface area contributed by atoms with Crippen molar-refractivity contribution in [2.75, 3.05) is 13.1 Å². The van der Waals surface area contributed by atoms with E-state index in [1.165, 1.54) is 6.42 Å². The summed E-state index contributed by atoms with van der Waals surface area (Å²) in [5, 5.41) is 15.5. The van der Waals surface area contributed by atoms with Crippen LogP contribution in [0.5, 0.6) is 0 Å². The summed E-state index contributed by atoms with van der Waals surface area (Å²) in [6.45, 7) is 4.01. The lowest BCUT2D eigenvalue weighted by Gasteiger charge is -2.22. The molecule has 0 spiro atoms. The van der Waals surface area contributed by atoms with Crippen molar-refractivity contribution >= 4 is 0 Å². The third-order valence-electron chi connectivity index (χ3n) is 3.16. The van der Waals surface area contributed by atoms with Crippen LogP contribution in [0.15, 0.2) is 10.7 Å². The van der Waals surface area contributed by atoms with Crippen LogP contribution in [0.25, 0.3) is 11.6 Å². The number of rotatable bonds is 3. The Kier molecular flexibility index (Phi) is 3.06. The van der Waals surface area contributed by atoms with Crippen molar-refractivity contribution in [3.8, 4) is 11.6 Å². The van der Waals surface area contributed by atoms with Crippen molar-refractivity contribution in [2.24, 2.45) is 0 Å². The highest BCUT2D eigenvalue weighted by molar-refractivity contribution is 5.43. The van der Waals surface area contributed by atoms with Crippen LogP contribution in [0.3, 0.4) is 0 Å². The van der Waals surface area contributed by atoms with Gasteiger partial charge in [0.2, 0.25) is 0 Å². The average Bonchev–Trinajstić information content (AvgIpc) is 3.08. The van der Waals surface area contributed by atoms with Crippen molar-refractivity contribution < 1.29 is 4.52 Å². The minimum absolute atomic E-state index is 0.369. The summed E-state index contributed by atoms with van der Waals surface area (Å²) in [5.74, 6) is 1.14. The van der Waals surface area contributed by atoms with Crippen molar-refractivity contribution in [3.05, 3.63) is 12.0 Å². The zero-order valence-electron chi connectivity index (χ0n) is 10.3. The van der Waals surface area contributed by atoms with E-state index in [1.54, 1.807) is 0 Å². The number of nitrogens with zero attached hydrogens (tertiary/aromatic N) is 5. The minimum atomic E-state index is 0.369. The normalized spacial score (nSPS) is 20.2. The largest absolute Gasteiger partial charge is 0.332 e. The Morgan fingerprint density at radius 2 is 2.50 bits per heavy atom. The molecule has 96 valence electrons. The summed E-state index contributed by atoms with van der Waals surface area (Å²) in [4.78, 5) is 4.25. The maximum atomic E-state index is 5.15. The fourth-order valence-electron chi connectivity index (χ4n) is 2.11. The van der Waals surface area contributed by atoms with Gasteiger partial charge in [-0.3, -0.25) is 0 Å². The Hall–Kier alpha value is -1.76. The van der Waals surface area contributed by atoms with Crippen molar-refractivity contribution in [1.29, 1.82) is 0 Å². The van der Waals surface area contributed by atoms with Crippen LogP contribution in [0.2, 0.25) is 0 Å². The minimum Gasteiger partial charge on any atom is -0.332 e. The van der Waals surface area contributed by atoms with Gasteiger partial charge in [-0.2, -0.15) is 4.98 Å². The maximum Gasteiger partial charge on any atom is 0.280 e. The fraction of sp³-hybridized carbons (Fsp3) is 0.636. The number of nitrogens with one attached hydrogen (secondary N) is 1. The number of piperidine rings is 1. The molecule has 1 N–H and O–H groups in total. The molecule has 1 atom stereocenters. The molecule has 7 nitrogen and oxygen atoms in total. The Balaban J connectivity index is 1.79. The van der Waals surface area contributed by atoms with Gasteiger partial charge in [0.25, 0.3) is 5.89 Å². The predicted octanol–water partition coefficient (Wildman–Crippen LogP) is 0.815. The molecular formula is C11H16N6O. The van der Waals surface area contributed by atoms with Gasteiger partial charge in [0.1, 0.15) is 0 Å². The molecule has 1 aliphatic rings. The third kappa shape index (κ3) is 2.13. The first-order valence-corrected chi connectivity index (χ1v) is 6.32. The second-order valence-corrected chi connectivity index (χ2v) is 4.45. The van der Waals surface area contributed by atoms with E-state index in [2.05, 4.69) is 25.8 Å². The molecule has 2 aromatic heterocycles. The summed E-state index contributed by atoms with van der Waals surface area (Å²) in [5.41, 5.74) is 0.646. The number of aromatic nitrogens is 5.